The number of amides is 2. The number of hydrogen-bond donors (Lipinski definition) is 3. The second-order valence-corrected chi connectivity index (χ2v) is 6.08. The number of halogens is 2. The molecule has 0 radical (unpaired) electrons. The average molecular weight is 405 g/mol. The molecule has 25 heavy (non-hydrogen) atoms. The summed E-state index contributed by atoms with van der Waals surface area (Å²) in [5.74, 6) is -0.665. The number of ether oxygens (including phenoxy) is 1. The van der Waals surface area contributed by atoms with Crippen molar-refractivity contribution in [3.63, 3.8) is 0 Å². The van der Waals surface area contributed by atoms with Crippen LogP contribution in [-0.4, -0.2) is 37.1 Å². The maximum atomic E-state index is 12.1. The Morgan fingerprint density at radius 2 is 2.12 bits per heavy atom. The lowest BCUT2D eigenvalue weighted by Crippen LogP contribution is -2.27. The van der Waals surface area contributed by atoms with Crippen molar-refractivity contribution in [2.24, 2.45) is 5.73 Å². The molecule has 1 heterocycles. The number of nitrogens with two attached hydrogens (primary N) is 1. The summed E-state index contributed by atoms with van der Waals surface area (Å²) in [4.78, 5) is 28.2. The third kappa shape index (κ3) is 5.94. The molecule has 136 valence electrons. The summed E-state index contributed by atoms with van der Waals surface area (Å²) in [5, 5.41) is 7.92. The van der Waals surface area contributed by atoms with Crippen molar-refractivity contribution in [3.8, 4) is 0 Å². The van der Waals surface area contributed by atoms with Gasteiger partial charge < -0.3 is 21.1 Å². The predicted molar refractivity (Wildman–Crippen MR) is 101 cm³/mol. The Bertz CT molecular complexity index is 739. The first kappa shape index (κ1) is 21.3. The third-order valence-electron chi connectivity index (χ3n) is 3.02. The lowest BCUT2D eigenvalue weighted by molar-refractivity contribution is 0.0936. The van der Waals surface area contributed by atoms with Gasteiger partial charge in [-0.3, -0.25) is 9.59 Å². The zero-order valence-corrected chi connectivity index (χ0v) is 15.8. The number of nitrogens with zero attached hydrogens (tertiary/aromatic N) is 1. The molecule has 0 spiro atoms. The van der Waals surface area contributed by atoms with Gasteiger partial charge in [0.1, 0.15) is 10.7 Å². The van der Waals surface area contributed by atoms with Crippen molar-refractivity contribution in [1.82, 2.24) is 10.3 Å². The molecule has 0 fully saturated rings. The van der Waals surface area contributed by atoms with Crippen LogP contribution < -0.4 is 16.4 Å². The Hall–Kier alpha value is -1.71. The highest BCUT2D eigenvalue weighted by atomic mass is 35.5. The second-order valence-electron chi connectivity index (χ2n) is 4.73. The van der Waals surface area contributed by atoms with Gasteiger partial charge in [0.15, 0.2) is 0 Å². The standard InChI is InChI=1S/C15H17ClN4O3S.ClH/c1-23-5-4-18-14(21)10-3-2-9(6-11(10)16)19-15(22)12-8-24-13(7-17)20-12;/h2-3,6,8H,4-5,7,17H2,1H3,(H,18,21)(H,19,22);1H. The van der Waals surface area contributed by atoms with Crippen LogP contribution in [0.25, 0.3) is 0 Å². The molecular weight excluding hydrogens is 387 g/mol. The van der Waals surface area contributed by atoms with E-state index in [2.05, 4.69) is 15.6 Å². The minimum Gasteiger partial charge on any atom is -0.383 e. The van der Waals surface area contributed by atoms with Crippen molar-refractivity contribution in [2.75, 3.05) is 25.6 Å². The van der Waals surface area contributed by atoms with Gasteiger partial charge in [-0.1, -0.05) is 11.6 Å². The van der Waals surface area contributed by atoms with Crippen LogP contribution in [-0.2, 0) is 11.3 Å². The van der Waals surface area contributed by atoms with E-state index in [0.717, 1.165) is 0 Å². The Morgan fingerprint density at radius 3 is 2.72 bits per heavy atom. The Balaban J connectivity index is 0.00000312. The van der Waals surface area contributed by atoms with E-state index >= 15 is 0 Å². The summed E-state index contributed by atoms with van der Waals surface area (Å²) in [5.41, 5.74) is 6.56. The molecule has 4 N–H and O–H groups in total. The second kappa shape index (κ2) is 10.3. The van der Waals surface area contributed by atoms with Crippen LogP contribution in [0, 0.1) is 0 Å². The van der Waals surface area contributed by atoms with Gasteiger partial charge >= 0.3 is 0 Å². The van der Waals surface area contributed by atoms with Crippen LogP contribution in [0.1, 0.15) is 25.9 Å². The zero-order chi connectivity index (χ0) is 17.5. The molecular formula is C15H18Cl2N4O3S. The number of benzene rings is 1. The lowest BCUT2D eigenvalue weighted by Gasteiger charge is -2.09. The van der Waals surface area contributed by atoms with Crippen LogP contribution in [0.5, 0.6) is 0 Å². The van der Waals surface area contributed by atoms with Crippen molar-refractivity contribution in [1.29, 1.82) is 0 Å². The molecule has 2 aromatic rings. The average Bonchev–Trinajstić information content (AvgIpc) is 3.04. The summed E-state index contributed by atoms with van der Waals surface area (Å²) in [7, 11) is 1.55. The SMILES string of the molecule is COCCNC(=O)c1ccc(NC(=O)c2csc(CN)n2)cc1Cl.Cl. The molecule has 2 amide bonds. The highest BCUT2D eigenvalue weighted by Crippen LogP contribution is 2.21. The molecule has 0 unspecified atom stereocenters. The fourth-order valence-electron chi connectivity index (χ4n) is 1.84. The zero-order valence-electron chi connectivity index (χ0n) is 13.4. The fourth-order valence-corrected chi connectivity index (χ4v) is 2.76. The van der Waals surface area contributed by atoms with E-state index in [0.29, 0.717) is 29.4 Å². The first-order chi connectivity index (χ1) is 11.5. The van der Waals surface area contributed by atoms with Crippen LogP contribution in [0.2, 0.25) is 5.02 Å². The highest BCUT2D eigenvalue weighted by Gasteiger charge is 2.14. The number of nitrogens with one attached hydrogen (secondary N) is 2. The lowest BCUT2D eigenvalue weighted by atomic mass is 10.2. The molecule has 1 aromatic heterocycles. The van der Waals surface area contributed by atoms with E-state index in [4.69, 9.17) is 22.1 Å². The van der Waals surface area contributed by atoms with Gasteiger partial charge in [-0.2, -0.15) is 0 Å². The van der Waals surface area contributed by atoms with Crippen molar-refractivity contribution in [3.05, 3.63) is 44.9 Å². The molecule has 0 aliphatic carbocycles. The van der Waals surface area contributed by atoms with Crippen LogP contribution in [0.15, 0.2) is 23.6 Å². The molecule has 0 aliphatic heterocycles. The molecule has 0 saturated carbocycles. The van der Waals surface area contributed by atoms with E-state index in [1.54, 1.807) is 24.6 Å². The maximum Gasteiger partial charge on any atom is 0.275 e. The fraction of sp³-hybridized carbons (Fsp3) is 0.267. The first-order valence-corrected chi connectivity index (χ1v) is 8.33. The molecule has 0 saturated heterocycles. The van der Waals surface area contributed by atoms with Crippen LogP contribution >= 0.6 is 35.3 Å². The quantitative estimate of drug-likeness (QED) is 0.613. The van der Waals surface area contributed by atoms with E-state index < -0.39 is 0 Å². The maximum absolute atomic E-state index is 12.1. The van der Waals surface area contributed by atoms with E-state index in [9.17, 15) is 9.59 Å². The van der Waals surface area contributed by atoms with Gasteiger partial charge in [0.2, 0.25) is 0 Å². The number of thiazole rings is 1. The third-order valence-corrected chi connectivity index (χ3v) is 4.21. The largest absolute Gasteiger partial charge is 0.383 e. The van der Waals surface area contributed by atoms with E-state index in [-0.39, 0.29) is 41.5 Å². The Morgan fingerprint density at radius 1 is 1.36 bits per heavy atom. The van der Waals surface area contributed by atoms with Crippen LogP contribution in [0.4, 0.5) is 5.69 Å². The molecule has 0 bridgehead atoms. The minimum absolute atomic E-state index is 0. The first-order valence-electron chi connectivity index (χ1n) is 7.07. The molecule has 0 aliphatic rings. The minimum atomic E-state index is -0.362. The number of methoxy groups -OCH3 is 1. The summed E-state index contributed by atoms with van der Waals surface area (Å²) in [6.07, 6.45) is 0. The predicted octanol–water partition coefficient (Wildman–Crippen LogP) is 2.31. The van der Waals surface area contributed by atoms with Crippen molar-refractivity contribution >= 4 is 52.8 Å². The number of aromatic nitrogens is 1. The summed E-state index contributed by atoms with van der Waals surface area (Å²) in [6, 6.07) is 4.67. The normalized spacial score (nSPS) is 10.0. The number of carbonyl (C=O) groups is 2. The molecule has 10 heteroatoms. The summed E-state index contributed by atoms with van der Waals surface area (Å²) < 4.78 is 4.86. The Labute approximate surface area is 160 Å². The van der Waals surface area contributed by atoms with E-state index in [1.807, 2.05) is 0 Å². The molecule has 2 rings (SSSR count). The van der Waals surface area contributed by atoms with Crippen molar-refractivity contribution in [2.45, 2.75) is 6.54 Å². The number of anilines is 1. The monoisotopic (exact) mass is 404 g/mol. The van der Waals surface area contributed by atoms with Gasteiger partial charge in [0.05, 0.1) is 17.2 Å². The van der Waals surface area contributed by atoms with Gasteiger partial charge in [0.25, 0.3) is 11.8 Å². The highest BCUT2D eigenvalue weighted by molar-refractivity contribution is 7.09. The smallest absolute Gasteiger partial charge is 0.275 e. The van der Waals surface area contributed by atoms with Gasteiger partial charge in [-0.25, -0.2) is 4.98 Å². The molecule has 0 atom stereocenters. The topological polar surface area (TPSA) is 106 Å². The summed E-state index contributed by atoms with van der Waals surface area (Å²) in [6.45, 7) is 1.09. The number of rotatable bonds is 7. The Kier molecular flexibility index (Phi) is 8.81. The van der Waals surface area contributed by atoms with Crippen molar-refractivity contribution < 1.29 is 14.3 Å². The van der Waals surface area contributed by atoms with Gasteiger partial charge in [-0.15, -0.1) is 23.7 Å². The molecule has 7 nitrogen and oxygen atoms in total. The number of carbonyl (C=O) groups excluding carboxylic acids is 2. The van der Waals surface area contributed by atoms with Gasteiger partial charge in [-0.05, 0) is 18.2 Å². The van der Waals surface area contributed by atoms with E-state index in [1.165, 1.54) is 17.4 Å². The molecule has 1 aromatic carbocycles. The number of hydrogen-bond acceptors (Lipinski definition) is 6. The summed E-state index contributed by atoms with van der Waals surface area (Å²) >= 11 is 7.44. The van der Waals surface area contributed by atoms with Gasteiger partial charge in [0, 0.05) is 31.3 Å². The van der Waals surface area contributed by atoms with Crippen LogP contribution in [0.3, 0.4) is 0 Å².